The molecule has 554 valence electrons. The zero-order valence-corrected chi connectivity index (χ0v) is 63.6. The number of hydrogen-bond donors (Lipinski definition) is 2. The van der Waals surface area contributed by atoms with Gasteiger partial charge >= 0.3 is 19.8 Å². The molecular weight excluding hydrogens is 1190 g/mol. The fourth-order valence-electron chi connectivity index (χ4n) is 12.3. The lowest BCUT2D eigenvalue weighted by molar-refractivity contribution is -0.161. The Kier molecular flexibility index (Phi) is 77.8. The molecule has 0 aliphatic carbocycles. The number of nitrogens with two attached hydrogens (primary N) is 1. The van der Waals surface area contributed by atoms with Gasteiger partial charge in [0.15, 0.2) is 6.10 Å². The van der Waals surface area contributed by atoms with Gasteiger partial charge in [-0.1, -0.05) is 414 Å². The normalized spacial score (nSPS) is 13.3. The molecule has 0 aliphatic heterocycles. The van der Waals surface area contributed by atoms with Gasteiger partial charge in [-0.3, -0.25) is 18.6 Å². The molecule has 0 aliphatic rings. The minimum Gasteiger partial charge on any atom is -0.462 e. The Morgan fingerprint density at radius 1 is 0.326 bits per heavy atom. The minimum absolute atomic E-state index is 0.0533. The quantitative estimate of drug-likeness (QED) is 0.0264. The van der Waals surface area contributed by atoms with Crippen LogP contribution >= 0.6 is 7.82 Å². The van der Waals surface area contributed by atoms with Crippen LogP contribution in [0.5, 0.6) is 0 Å². The Balaban J connectivity index is 3.78. The summed E-state index contributed by atoms with van der Waals surface area (Å²) in [5.41, 5.74) is 5.42. The van der Waals surface area contributed by atoms with Crippen molar-refractivity contribution in [2.75, 3.05) is 26.4 Å². The fraction of sp³-hybridized carbons (Fsp3) is 0.812. The molecule has 0 aromatic carbocycles. The Morgan fingerprint density at radius 2 is 0.579 bits per heavy atom. The number of carbonyl (C=O) groups is 2. The van der Waals surface area contributed by atoms with E-state index in [1.165, 1.54) is 295 Å². The van der Waals surface area contributed by atoms with Crippen molar-refractivity contribution < 1.29 is 37.6 Å². The highest BCUT2D eigenvalue weighted by atomic mass is 31.2. The van der Waals surface area contributed by atoms with E-state index in [0.717, 1.165) is 83.5 Å². The number of phosphoric acid groups is 1. The molecule has 0 aromatic rings. The van der Waals surface area contributed by atoms with E-state index in [-0.39, 0.29) is 38.6 Å². The lowest BCUT2D eigenvalue weighted by atomic mass is 10.0. The largest absolute Gasteiger partial charge is 0.472 e. The Labute approximate surface area is 589 Å². The highest BCUT2D eigenvalue weighted by Crippen LogP contribution is 2.43. The third-order valence-electron chi connectivity index (χ3n) is 18.3. The van der Waals surface area contributed by atoms with Crippen molar-refractivity contribution in [2.24, 2.45) is 5.73 Å². The summed E-state index contributed by atoms with van der Waals surface area (Å²) in [4.78, 5) is 35.5. The van der Waals surface area contributed by atoms with E-state index in [0.29, 0.717) is 6.42 Å². The van der Waals surface area contributed by atoms with Crippen molar-refractivity contribution in [1.29, 1.82) is 0 Å². The average Bonchev–Trinajstić information content (AvgIpc) is 2.64. The molecule has 0 saturated heterocycles. The number of phosphoric ester groups is 1. The predicted octanol–water partition coefficient (Wildman–Crippen LogP) is 27.7. The first-order chi connectivity index (χ1) is 46.8. The molecule has 0 amide bonds. The molecule has 0 radical (unpaired) electrons. The predicted molar refractivity (Wildman–Crippen MR) is 413 cm³/mol. The van der Waals surface area contributed by atoms with Crippen molar-refractivity contribution in [1.82, 2.24) is 0 Å². The van der Waals surface area contributed by atoms with E-state index in [1.807, 2.05) is 0 Å². The molecule has 2 atom stereocenters. The summed E-state index contributed by atoms with van der Waals surface area (Å²) in [7, 11) is -4.40. The molecule has 95 heavy (non-hydrogen) atoms. The first kappa shape index (κ1) is 92.2. The van der Waals surface area contributed by atoms with Gasteiger partial charge in [-0.25, -0.2) is 4.57 Å². The fourth-order valence-corrected chi connectivity index (χ4v) is 13.0. The van der Waals surface area contributed by atoms with E-state index in [4.69, 9.17) is 24.3 Å². The summed E-state index contributed by atoms with van der Waals surface area (Å²) < 4.78 is 33.3. The van der Waals surface area contributed by atoms with Crippen molar-refractivity contribution in [2.45, 2.75) is 418 Å². The molecule has 0 saturated carbocycles. The summed E-state index contributed by atoms with van der Waals surface area (Å²) >= 11 is 0. The van der Waals surface area contributed by atoms with Crippen LogP contribution in [0.3, 0.4) is 0 Å². The number of rotatable bonds is 78. The maximum Gasteiger partial charge on any atom is 0.472 e. The van der Waals surface area contributed by atoms with E-state index >= 15 is 0 Å². The van der Waals surface area contributed by atoms with Gasteiger partial charge in [-0.15, -0.1) is 0 Å². The van der Waals surface area contributed by atoms with Crippen molar-refractivity contribution in [3.63, 3.8) is 0 Å². The molecule has 2 unspecified atom stereocenters. The van der Waals surface area contributed by atoms with Crippen LogP contribution in [0, 0.1) is 0 Å². The molecule has 0 bridgehead atoms. The van der Waals surface area contributed by atoms with E-state index in [2.05, 4.69) is 98.9 Å². The van der Waals surface area contributed by atoms with E-state index < -0.39 is 26.5 Å². The van der Waals surface area contributed by atoms with Gasteiger partial charge < -0.3 is 20.1 Å². The summed E-state index contributed by atoms with van der Waals surface area (Å²) in [6, 6.07) is 0. The Hall–Kier alpha value is -2.81. The molecule has 10 heteroatoms. The second-order valence-corrected chi connectivity index (χ2v) is 29.1. The van der Waals surface area contributed by atoms with Crippen LogP contribution < -0.4 is 5.73 Å². The third kappa shape index (κ3) is 80.1. The first-order valence-electron chi connectivity index (χ1n) is 41.1. The average molecular weight is 1350 g/mol. The number of allylic oxidation sites excluding steroid dienone is 14. The second-order valence-electron chi connectivity index (χ2n) is 27.6. The molecule has 0 heterocycles. The van der Waals surface area contributed by atoms with Crippen LogP contribution in [0.25, 0.3) is 0 Å². The summed E-state index contributed by atoms with van der Waals surface area (Å²) in [5, 5.41) is 0. The maximum absolute atomic E-state index is 12.8. The number of ether oxygens (including phenoxy) is 2. The van der Waals surface area contributed by atoms with E-state index in [9.17, 15) is 19.0 Å². The van der Waals surface area contributed by atoms with Crippen LogP contribution in [-0.4, -0.2) is 49.3 Å². The molecule has 9 nitrogen and oxygen atoms in total. The van der Waals surface area contributed by atoms with Gasteiger partial charge in [0.05, 0.1) is 13.2 Å². The van der Waals surface area contributed by atoms with Crippen LogP contribution in [0.2, 0.25) is 0 Å². The molecule has 0 spiro atoms. The topological polar surface area (TPSA) is 134 Å². The summed E-state index contributed by atoms with van der Waals surface area (Å²) in [6.45, 7) is 3.70. The number of unbranched alkanes of at least 4 members (excludes halogenated alkanes) is 51. The summed E-state index contributed by atoms with van der Waals surface area (Å²) in [5.74, 6) is -0.809. The van der Waals surface area contributed by atoms with Crippen LogP contribution in [0.15, 0.2) is 85.1 Å². The zero-order chi connectivity index (χ0) is 68.6. The van der Waals surface area contributed by atoms with Gasteiger partial charge in [0, 0.05) is 19.4 Å². The van der Waals surface area contributed by atoms with Crippen LogP contribution in [-0.2, 0) is 32.7 Å². The van der Waals surface area contributed by atoms with Crippen LogP contribution in [0.4, 0.5) is 0 Å². The van der Waals surface area contributed by atoms with Gasteiger partial charge in [0.2, 0.25) is 0 Å². The molecule has 0 fully saturated rings. The second kappa shape index (κ2) is 80.2. The number of esters is 2. The smallest absolute Gasteiger partial charge is 0.462 e. The summed E-state index contributed by atoms with van der Waals surface area (Å²) in [6.07, 6.45) is 109. The van der Waals surface area contributed by atoms with Crippen molar-refractivity contribution in [3.05, 3.63) is 85.1 Å². The monoisotopic (exact) mass is 1350 g/mol. The van der Waals surface area contributed by atoms with Gasteiger partial charge in [0.1, 0.15) is 6.61 Å². The van der Waals surface area contributed by atoms with Crippen LogP contribution in [0.1, 0.15) is 412 Å². The SMILES string of the molecule is CC/C=C\C/C=C\C/C=C\C/C=C\C/C=C\C/C=C\C/C=C\CCCCCCCCCCCCCCCCCC(=O)OC(COC(=O)CCCCCCCCCCCCCCCCCCCCCCCCCCCCCCCCCCCCCCC)COP(=O)(O)OCCN. The lowest BCUT2D eigenvalue weighted by Crippen LogP contribution is -2.29. The zero-order valence-electron chi connectivity index (χ0n) is 62.7. The molecule has 0 aromatic heterocycles. The minimum atomic E-state index is -4.40. The molecule has 0 rings (SSSR count). The first-order valence-corrected chi connectivity index (χ1v) is 42.6. The van der Waals surface area contributed by atoms with Gasteiger partial charge in [0.25, 0.3) is 0 Å². The van der Waals surface area contributed by atoms with Crippen molar-refractivity contribution in [3.8, 4) is 0 Å². The molecular formula is C85H156NO8P. The number of hydrogen-bond acceptors (Lipinski definition) is 8. The Morgan fingerprint density at radius 3 is 0.863 bits per heavy atom. The standard InChI is InChI=1S/C85H156NO8P/c1-3-5-7-9-11-13-15-17-19-21-23-25-27-29-31-33-35-37-39-41-43-45-47-49-51-53-55-57-59-61-63-65-67-69-71-73-75-77-84(87)91-81-83(82-93-95(89,90)92-80-79-86)94-85(88)78-76-74-72-70-68-66-64-62-60-58-56-54-52-50-48-46-44-42-40-38-36-34-32-30-28-26-24-22-20-18-16-14-12-10-8-6-4-2/h6,8,12,14,18,20,24,26,30,32,36,38,42,44,83H,3-5,7,9-11,13,15-17,19,21-23,25,27-29,31,33-35,37,39-41,43,45-82,86H2,1-2H3,(H,89,90)/b8-6-,14-12-,20-18-,26-24-,32-30-,38-36-,44-42-. The number of carbonyl (C=O) groups excluding carboxylic acids is 2. The maximum atomic E-state index is 12.8. The lowest BCUT2D eigenvalue weighted by Gasteiger charge is -2.19. The Bertz CT molecular complexity index is 1840. The van der Waals surface area contributed by atoms with Crippen molar-refractivity contribution >= 4 is 19.8 Å². The molecule has 3 N–H and O–H groups in total. The highest BCUT2D eigenvalue weighted by Gasteiger charge is 2.26. The van der Waals surface area contributed by atoms with Gasteiger partial charge in [-0.2, -0.15) is 0 Å². The third-order valence-corrected chi connectivity index (χ3v) is 19.3. The highest BCUT2D eigenvalue weighted by molar-refractivity contribution is 7.47. The van der Waals surface area contributed by atoms with E-state index in [1.54, 1.807) is 0 Å². The van der Waals surface area contributed by atoms with Gasteiger partial charge in [-0.05, 0) is 70.6 Å².